The highest BCUT2D eigenvalue weighted by Crippen LogP contribution is 2.27. The Labute approximate surface area is 137 Å². The first kappa shape index (κ1) is 19.7. The number of benzene rings is 1. The average molecular weight is 329 g/mol. The monoisotopic (exact) mass is 329 g/mol. The van der Waals surface area contributed by atoms with Crippen LogP contribution in [0.5, 0.6) is 5.75 Å². The lowest BCUT2D eigenvalue weighted by Gasteiger charge is -2.39. The van der Waals surface area contributed by atoms with E-state index in [2.05, 4.69) is 0 Å². The van der Waals surface area contributed by atoms with Gasteiger partial charge in [-0.15, -0.1) is 0 Å². The van der Waals surface area contributed by atoms with Crippen molar-refractivity contribution < 1.29 is 28.8 Å². The molecule has 1 saturated heterocycles. The fraction of sp³-hybridized carbons (Fsp3) is 0.625. The highest BCUT2D eigenvalue weighted by atomic mass is 16.7. The number of anilines is 1. The number of rotatable bonds is 6. The molecule has 0 spiro atoms. The maximum absolute atomic E-state index is 7.00. The van der Waals surface area contributed by atoms with E-state index >= 15 is 0 Å². The van der Waals surface area contributed by atoms with Crippen LogP contribution in [0.25, 0.3) is 0 Å². The predicted molar refractivity (Wildman–Crippen MR) is 86.4 cm³/mol. The lowest BCUT2D eigenvalue weighted by Crippen LogP contribution is -2.53. The minimum absolute atomic E-state index is 0.109. The van der Waals surface area contributed by atoms with Crippen molar-refractivity contribution in [3.05, 3.63) is 24.3 Å². The molecule has 0 amide bonds. The van der Waals surface area contributed by atoms with Crippen LogP contribution in [0, 0.1) is 0 Å². The van der Waals surface area contributed by atoms with Crippen molar-refractivity contribution >= 4 is 5.69 Å². The van der Waals surface area contributed by atoms with Gasteiger partial charge in [0.2, 0.25) is 6.29 Å². The number of aliphatic hydroxyl groups excluding tert-OH is 1. The summed E-state index contributed by atoms with van der Waals surface area (Å²) in [6.07, 6.45) is -0.355. The van der Waals surface area contributed by atoms with Gasteiger partial charge in [-0.1, -0.05) is 0 Å². The van der Waals surface area contributed by atoms with Gasteiger partial charge in [0.25, 0.3) is 0 Å². The van der Waals surface area contributed by atoms with Crippen LogP contribution in [-0.4, -0.2) is 64.8 Å². The molecular formula is C16H27NO6. The Morgan fingerprint density at radius 3 is 2.30 bits per heavy atom. The fourth-order valence-electron chi connectivity index (χ4n) is 2.50. The molecule has 1 aromatic rings. The number of hydrogen-bond donors (Lipinski definition) is 2. The van der Waals surface area contributed by atoms with Gasteiger partial charge in [-0.05, 0) is 24.3 Å². The lowest BCUT2D eigenvalue weighted by atomic mass is 10.0. The van der Waals surface area contributed by atoms with Crippen molar-refractivity contribution in [1.29, 1.82) is 0 Å². The van der Waals surface area contributed by atoms with E-state index in [4.69, 9.17) is 34.5 Å². The Kier molecular flexibility index (Phi) is 8.90. The molecule has 2 rings (SSSR count). The second kappa shape index (κ2) is 10.4. The molecule has 132 valence electrons. The van der Waals surface area contributed by atoms with Crippen LogP contribution >= 0.6 is 0 Å². The fourth-order valence-corrected chi connectivity index (χ4v) is 2.50. The molecule has 23 heavy (non-hydrogen) atoms. The molecule has 3 N–H and O–H groups in total. The Bertz CT molecular complexity index is 427. The molecule has 1 fully saturated rings. The van der Waals surface area contributed by atoms with E-state index in [9.17, 15) is 0 Å². The molecular weight excluding hydrogens is 302 g/mol. The second-order valence-electron chi connectivity index (χ2n) is 4.96. The van der Waals surface area contributed by atoms with E-state index in [1.165, 1.54) is 0 Å². The molecule has 1 aromatic carbocycles. The highest BCUT2D eigenvalue weighted by molar-refractivity contribution is 5.41. The van der Waals surface area contributed by atoms with Gasteiger partial charge in [0.15, 0.2) is 0 Å². The third-order valence-electron chi connectivity index (χ3n) is 3.54. The van der Waals surface area contributed by atoms with E-state index in [1.54, 1.807) is 33.5 Å². The zero-order valence-corrected chi connectivity index (χ0v) is 14.1. The number of hydrogen-bond acceptors (Lipinski definition) is 7. The van der Waals surface area contributed by atoms with Crippen LogP contribution in [0.4, 0.5) is 5.69 Å². The van der Waals surface area contributed by atoms with E-state index in [0.717, 1.165) is 7.11 Å². The number of nitrogen functional groups attached to an aromatic ring is 1. The molecule has 0 saturated carbocycles. The molecule has 0 bridgehead atoms. The first-order chi connectivity index (χ1) is 11.2. The molecule has 1 aliphatic heterocycles. The summed E-state index contributed by atoms with van der Waals surface area (Å²) in [5.41, 5.74) is 6.35. The summed E-state index contributed by atoms with van der Waals surface area (Å²) in [6, 6.07) is 7.20. The Balaban J connectivity index is 0.00000127. The van der Waals surface area contributed by atoms with Crippen molar-refractivity contribution in [1.82, 2.24) is 0 Å². The summed E-state index contributed by atoms with van der Waals surface area (Å²) in [5, 5.41) is 7.00. The van der Waals surface area contributed by atoms with Crippen molar-refractivity contribution in [2.45, 2.75) is 31.0 Å². The van der Waals surface area contributed by atoms with Crippen LogP contribution < -0.4 is 10.5 Å². The number of nitrogens with two attached hydrogens (primary N) is 1. The van der Waals surface area contributed by atoms with Crippen molar-refractivity contribution in [3.8, 4) is 5.75 Å². The third kappa shape index (κ3) is 5.63. The largest absolute Gasteiger partial charge is 0.465 e. The van der Waals surface area contributed by atoms with Crippen LogP contribution in [-0.2, 0) is 18.9 Å². The van der Waals surface area contributed by atoms with E-state index in [1.807, 2.05) is 12.1 Å². The lowest BCUT2D eigenvalue weighted by molar-refractivity contribution is -0.242. The molecule has 0 radical (unpaired) electrons. The summed E-state index contributed by atoms with van der Waals surface area (Å²) in [6.45, 7) is 0.417. The molecule has 0 aliphatic carbocycles. The van der Waals surface area contributed by atoms with Crippen molar-refractivity contribution in [2.24, 2.45) is 0 Å². The van der Waals surface area contributed by atoms with Crippen molar-refractivity contribution in [3.63, 3.8) is 0 Å². The minimum atomic E-state index is -0.412. The standard InChI is InChI=1S/C15H23NO5.CH4O/c1-17-9-13-15(19-3)12(18-2)8-14(21-13)20-11-6-4-10(16)5-7-11;1-2/h4-7,12-15H,8-9,16H2,1-3H3;2H,1H3/t12-,13-,14?,15-;/m1./s1. The SMILES string of the molecule is CO.COC[C@H]1OC(Oc2ccc(N)cc2)C[C@@H](OC)[C@H]1OC. The van der Waals surface area contributed by atoms with Gasteiger partial charge < -0.3 is 34.5 Å². The Hall–Kier alpha value is -1.38. The van der Waals surface area contributed by atoms with Crippen LogP contribution in [0.2, 0.25) is 0 Å². The van der Waals surface area contributed by atoms with Gasteiger partial charge >= 0.3 is 0 Å². The zero-order chi connectivity index (χ0) is 17.2. The van der Waals surface area contributed by atoms with Crippen LogP contribution in [0.3, 0.4) is 0 Å². The van der Waals surface area contributed by atoms with E-state index in [0.29, 0.717) is 24.5 Å². The number of methoxy groups -OCH3 is 3. The maximum atomic E-state index is 7.00. The molecule has 1 unspecified atom stereocenters. The van der Waals surface area contributed by atoms with Gasteiger partial charge in [0.1, 0.15) is 18.0 Å². The normalized spacial score (nSPS) is 27.0. The number of ether oxygens (including phenoxy) is 5. The van der Waals surface area contributed by atoms with Gasteiger partial charge in [0, 0.05) is 40.5 Å². The first-order valence-corrected chi connectivity index (χ1v) is 7.34. The van der Waals surface area contributed by atoms with Gasteiger partial charge in [-0.3, -0.25) is 0 Å². The van der Waals surface area contributed by atoms with E-state index in [-0.39, 0.29) is 18.3 Å². The average Bonchev–Trinajstić information content (AvgIpc) is 2.58. The second-order valence-corrected chi connectivity index (χ2v) is 4.96. The smallest absolute Gasteiger partial charge is 0.202 e. The van der Waals surface area contributed by atoms with Crippen LogP contribution in [0.15, 0.2) is 24.3 Å². The molecule has 7 heteroatoms. The summed E-state index contributed by atoms with van der Waals surface area (Å²) in [5.74, 6) is 0.705. The topological polar surface area (TPSA) is 92.4 Å². The van der Waals surface area contributed by atoms with Gasteiger partial charge in [0.05, 0.1) is 12.7 Å². The van der Waals surface area contributed by atoms with Gasteiger partial charge in [-0.25, -0.2) is 0 Å². The maximum Gasteiger partial charge on any atom is 0.202 e. The van der Waals surface area contributed by atoms with Crippen molar-refractivity contribution in [2.75, 3.05) is 40.8 Å². The van der Waals surface area contributed by atoms with Gasteiger partial charge in [-0.2, -0.15) is 0 Å². The molecule has 4 atom stereocenters. The molecule has 0 aromatic heterocycles. The Morgan fingerprint density at radius 1 is 1.13 bits per heavy atom. The highest BCUT2D eigenvalue weighted by Gasteiger charge is 2.40. The Morgan fingerprint density at radius 2 is 1.78 bits per heavy atom. The summed E-state index contributed by atoms with van der Waals surface area (Å²) in [4.78, 5) is 0. The molecule has 1 heterocycles. The summed E-state index contributed by atoms with van der Waals surface area (Å²) in [7, 11) is 5.93. The summed E-state index contributed by atoms with van der Waals surface area (Å²) >= 11 is 0. The predicted octanol–water partition coefficient (Wildman–Crippen LogP) is 1.05. The first-order valence-electron chi connectivity index (χ1n) is 7.34. The summed E-state index contributed by atoms with van der Waals surface area (Å²) < 4.78 is 27.9. The number of aliphatic hydroxyl groups is 1. The quantitative estimate of drug-likeness (QED) is 0.754. The van der Waals surface area contributed by atoms with E-state index < -0.39 is 6.29 Å². The third-order valence-corrected chi connectivity index (χ3v) is 3.54. The van der Waals surface area contributed by atoms with Crippen LogP contribution in [0.1, 0.15) is 6.42 Å². The minimum Gasteiger partial charge on any atom is -0.465 e. The molecule has 1 aliphatic rings. The molecule has 7 nitrogen and oxygen atoms in total. The zero-order valence-electron chi connectivity index (χ0n) is 14.1.